The molecule has 1 aliphatic rings. The summed E-state index contributed by atoms with van der Waals surface area (Å²) in [6.07, 6.45) is 0. The molecule has 0 spiro atoms. The van der Waals surface area contributed by atoms with Crippen molar-refractivity contribution in [1.82, 2.24) is 4.83 Å². The van der Waals surface area contributed by atoms with Crippen LogP contribution in [0.25, 0.3) is 0 Å². The predicted molar refractivity (Wildman–Crippen MR) is 99.0 cm³/mol. The molecule has 0 fully saturated rings. The van der Waals surface area contributed by atoms with Crippen LogP contribution in [-0.2, 0) is 20.2 Å². The summed E-state index contributed by atoms with van der Waals surface area (Å²) in [7, 11) is -0.442. The van der Waals surface area contributed by atoms with E-state index in [-0.39, 0.29) is 11.7 Å². The van der Waals surface area contributed by atoms with E-state index in [0.717, 1.165) is 11.3 Å². The summed E-state index contributed by atoms with van der Waals surface area (Å²) >= 11 is 0. The Morgan fingerprint density at radius 3 is 2.36 bits per heavy atom. The fraction of sp³-hybridized carbons (Fsp3) is 0.278. The van der Waals surface area contributed by atoms with E-state index < -0.39 is 15.4 Å². The molecular weight excluding hydrogens is 338 g/mol. The van der Waals surface area contributed by atoms with E-state index in [4.69, 9.17) is 0 Å². The molecule has 7 heteroatoms. The first-order valence-electron chi connectivity index (χ1n) is 7.91. The molecule has 0 aliphatic carbocycles. The fourth-order valence-electron chi connectivity index (χ4n) is 3.29. The average Bonchev–Trinajstić information content (AvgIpc) is 2.77. The van der Waals surface area contributed by atoms with Gasteiger partial charge in [0.1, 0.15) is 0 Å². The molecule has 2 aromatic rings. The Morgan fingerprint density at radius 2 is 1.68 bits per heavy atom. The highest BCUT2D eigenvalue weighted by Gasteiger charge is 2.48. The van der Waals surface area contributed by atoms with Crippen molar-refractivity contribution < 1.29 is 13.2 Å². The zero-order valence-corrected chi connectivity index (χ0v) is 15.2. The predicted octanol–water partition coefficient (Wildman–Crippen LogP) is 1.89. The lowest BCUT2D eigenvalue weighted by atomic mass is 9.86. The maximum Gasteiger partial charge on any atom is 0.238 e. The van der Waals surface area contributed by atoms with Gasteiger partial charge in [-0.25, -0.2) is 8.42 Å². The second-order valence-electron chi connectivity index (χ2n) is 6.46. The largest absolute Gasteiger partial charge is 0.314 e. The van der Waals surface area contributed by atoms with Crippen LogP contribution in [0, 0.1) is 0 Å². The zero-order chi connectivity index (χ0) is 18.2. The number of hydrazine groups is 1. The number of fused-ring (bicyclic) bond motifs is 1. The summed E-state index contributed by atoms with van der Waals surface area (Å²) in [5.74, 6) is -0.543. The Bertz CT molecular complexity index is 899. The van der Waals surface area contributed by atoms with Crippen molar-refractivity contribution in [3.05, 3.63) is 60.2 Å². The third kappa shape index (κ3) is 3.12. The summed E-state index contributed by atoms with van der Waals surface area (Å²) in [4.78, 5) is 16.8. The van der Waals surface area contributed by atoms with Crippen molar-refractivity contribution in [2.45, 2.75) is 12.3 Å². The van der Waals surface area contributed by atoms with Gasteiger partial charge >= 0.3 is 0 Å². The second-order valence-corrected chi connectivity index (χ2v) is 8.16. The number of rotatable bonds is 5. The first-order valence-corrected chi connectivity index (χ1v) is 9.56. The molecule has 25 heavy (non-hydrogen) atoms. The summed E-state index contributed by atoms with van der Waals surface area (Å²) in [5.41, 5.74) is 1.08. The Balaban J connectivity index is 1.87. The van der Waals surface area contributed by atoms with Crippen LogP contribution in [0.4, 0.5) is 11.4 Å². The smallest absolute Gasteiger partial charge is 0.238 e. The van der Waals surface area contributed by atoms with E-state index in [1.165, 1.54) is 9.91 Å². The molecule has 0 unspecified atom stereocenters. The van der Waals surface area contributed by atoms with Gasteiger partial charge in [0.2, 0.25) is 15.9 Å². The summed E-state index contributed by atoms with van der Waals surface area (Å²) in [6, 6.07) is 16.4. The third-order valence-corrected chi connectivity index (χ3v) is 6.04. The molecule has 6 nitrogen and oxygen atoms in total. The normalized spacial score (nSPS) is 19.8. The summed E-state index contributed by atoms with van der Waals surface area (Å²) < 4.78 is 25.4. The van der Waals surface area contributed by atoms with Crippen molar-refractivity contribution in [2.24, 2.45) is 0 Å². The van der Waals surface area contributed by atoms with E-state index in [2.05, 4.69) is 4.83 Å². The molecule has 2 aromatic carbocycles. The van der Waals surface area contributed by atoms with Crippen molar-refractivity contribution in [3.8, 4) is 0 Å². The number of para-hydroxylation sites is 2. The molecule has 0 saturated carbocycles. The number of anilines is 2. The van der Waals surface area contributed by atoms with Crippen LogP contribution in [0.15, 0.2) is 54.6 Å². The van der Waals surface area contributed by atoms with Crippen LogP contribution in [0.2, 0.25) is 0 Å². The van der Waals surface area contributed by atoms with Gasteiger partial charge in [-0.05, 0) is 30.7 Å². The Morgan fingerprint density at radius 1 is 1.08 bits per heavy atom. The molecule has 0 bridgehead atoms. The lowest BCUT2D eigenvalue weighted by molar-refractivity contribution is -0.121. The molecule has 0 aromatic heterocycles. The molecular formula is C18H21N3O3S. The number of carbonyl (C=O) groups is 1. The highest BCUT2D eigenvalue weighted by molar-refractivity contribution is 7.89. The number of carbonyl (C=O) groups excluding carboxylic acids is 1. The maximum atomic E-state index is 12.7. The molecule has 0 radical (unpaired) electrons. The molecule has 1 amide bonds. The van der Waals surface area contributed by atoms with E-state index >= 15 is 0 Å². The Kier molecular flexibility index (Phi) is 4.30. The standard InChI is InChI=1S/C18H21N3O3S/c1-18(15-11-7-8-12-16(15)20(2)17(18)22)13-25(23,24)19-21(3)14-9-5-4-6-10-14/h4-12,19H,13H2,1-3H3/t18-/m1/s1. The minimum absolute atomic E-state index is 0.221. The van der Waals surface area contributed by atoms with Gasteiger partial charge in [0, 0.05) is 19.8 Å². The number of hydrogen-bond acceptors (Lipinski definition) is 4. The van der Waals surface area contributed by atoms with Crippen LogP contribution in [0.3, 0.4) is 0 Å². The highest BCUT2D eigenvalue weighted by Crippen LogP contribution is 2.41. The van der Waals surface area contributed by atoms with E-state index in [0.29, 0.717) is 5.69 Å². The quantitative estimate of drug-likeness (QED) is 0.828. The van der Waals surface area contributed by atoms with Gasteiger partial charge in [-0.1, -0.05) is 36.4 Å². The Labute approximate surface area is 148 Å². The molecule has 1 aliphatic heterocycles. The highest BCUT2D eigenvalue weighted by atomic mass is 32.2. The lowest BCUT2D eigenvalue weighted by Crippen LogP contribution is -2.48. The van der Waals surface area contributed by atoms with E-state index in [9.17, 15) is 13.2 Å². The topological polar surface area (TPSA) is 69.7 Å². The second kappa shape index (κ2) is 6.16. The maximum absolute atomic E-state index is 12.7. The van der Waals surface area contributed by atoms with Gasteiger partial charge in [-0.15, -0.1) is 4.83 Å². The number of hydrogen-bond donors (Lipinski definition) is 1. The zero-order valence-electron chi connectivity index (χ0n) is 14.4. The first-order chi connectivity index (χ1) is 11.7. The van der Waals surface area contributed by atoms with Gasteiger partial charge in [0.25, 0.3) is 0 Å². The average molecular weight is 359 g/mol. The lowest BCUT2D eigenvalue weighted by Gasteiger charge is -2.26. The SMILES string of the molecule is CN(NS(=O)(=O)C[C@@]1(C)C(=O)N(C)c2ccccc21)c1ccccc1. The van der Waals surface area contributed by atoms with E-state index in [1.807, 2.05) is 42.5 Å². The monoisotopic (exact) mass is 359 g/mol. The number of nitrogens with zero attached hydrogens (tertiary/aromatic N) is 2. The minimum atomic E-state index is -3.74. The van der Waals surface area contributed by atoms with E-state index in [1.54, 1.807) is 33.2 Å². The van der Waals surface area contributed by atoms with Crippen LogP contribution in [0.1, 0.15) is 12.5 Å². The molecule has 1 atom stereocenters. The minimum Gasteiger partial charge on any atom is -0.314 e. The van der Waals surface area contributed by atoms with Crippen molar-refractivity contribution in [2.75, 3.05) is 29.8 Å². The van der Waals surface area contributed by atoms with Crippen molar-refractivity contribution in [1.29, 1.82) is 0 Å². The van der Waals surface area contributed by atoms with Crippen LogP contribution < -0.4 is 14.7 Å². The molecule has 132 valence electrons. The van der Waals surface area contributed by atoms with Gasteiger partial charge in [-0.3, -0.25) is 9.80 Å². The summed E-state index contributed by atoms with van der Waals surface area (Å²) in [5, 5.41) is 1.44. The van der Waals surface area contributed by atoms with Crippen LogP contribution in [0.5, 0.6) is 0 Å². The van der Waals surface area contributed by atoms with Crippen LogP contribution in [-0.4, -0.2) is 34.2 Å². The Hall–Kier alpha value is -2.38. The molecule has 0 saturated heterocycles. The molecule has 1 N–H and O–H groups in total. The number of benzene rings is 2. The molecule has 1 heterocycles. The number of amides is 1. The van der Waals surface area contributed by atoms with Gasteiger partial charge in [-0.2, -0.15) is 0 Å². The number of sulfonamides is 1. The molecule has 3 rings (SSSR count). The van der Waals surface area contributed by atoms with Crippen molar-refractivity contribution >= 4 is 27.3 Å². The van der Waals surface area contributed by atoms with Gasteiger partial charge in [0.15, 0.2) is 0 Å². The number of nitrogens with one attached hydrogen (secondary N) is 1. The van der Waals surface area contributed by atoms with Gasteiger partial charge in [0.05, 0.1) is 16.9 Å². The number of likely N-dealkylation sites (N-methyl/N-ethyl adjacent to an activating group) is 1. The first kappa shape index (κ1) is 17.4. The fourth-order valence-corrected chi connectivity index (χ4v) is 4.92. The van der Waals surface area contributed by atoms with Crippen molar-refractivity contribution in [3.63, 3.8) is 0 Å². The summed E-state index contributed by atoms with van der Waals surface area (Å²) in [6.45, 7) is 1.68. The third-order valence-electron chi connectivity index (χ3n) is 4.53. The van der Waals surface area contributed by atoms with Crippen LogP contribution >= 0.6 is 0 Å². The van der Waals surface area contributed by atoms with Gasteiger partial charge < -0.3 is 4.90 Å².